The van der Waals surface area contributed by atoms with Gasteiger partial charge in [-0.2, -0.15) is 10.1 Å². The zero-order valence-electron chi connectivity index (χ0n) is 18.6. The molecule has 8 heteroatoms. The molecule has 0 saturated carbocycles. The van der Waals surface area contributed by atoms with Gasteiger partial charge < -0.3 is 14.8 Å². The fourth-order valence-corrected chi connectivity index (χ4v) is 4.63. The molecule has 34 heavy (non-hydrogen) atoms. The monoisotopic (exact) mass is 451 g/mol. The van der Waals surface area contributed by atoms with Crippen LogP contribution in [0.15, 0.2) is 78.9 Å². The lowest BCUT2D eigenvalue weighted by Crippen LogP contribution is -2.32. The van der Waals surface area contributed by atoms with E-state index in [-0.39, 0.29) is 12.0 Å². The minimum atomic E-state index is -0.424. The maximum absolute atomic E-state index is 12.0. The molecule has 0 aliphatic carbocycles. The molecule has 0 unspecified atom stereocenters. The molecule has 6 rings (SSSR count). The molecule has 8 nitrogen and oxygen atoms in total. The number of anilines is 1. The van der Waals surface area contributed by atoms with Crippen molar-refractivity contribution in [3.05, 3.63) is 107 Å². The van der Waals surface area contributed by atoms with Gasteiger partial charge in [0.1, 0.15) is 24.2 Å². The Kier molecular flexibility index (Phi) is 4.65. The Morgan fingerprint density at radius 3 is 2.74 bits per heavy atom. The van der Waals surface area contributed by atoms with Crippen LogP contribution in [-0.4, -0.2) is 32.8 Å². The summed E-state index contributed by atoms with van der Waals surface area (Å²) in [5.41, 5.74) is 6.40. The van der Waals surface area contributed by atoms with Crippen molar-refractivity contribution in [2.75, 3.05) is 12.4 Å². The number of carbonyl (C=O) groups is 1. The molecule has 0 amide bonds. The van der Waals surface area contributed by atoms with Crippen molar-refractivity contribution in [2.45, 2.75) is 19.1 Å². The van der Waals surface area contributed by atoms with Gasteiger partial charge >= 0.3 is 5.97 Å². The first kappa shape index (κ1) is 20.2. The number of benzene rings is 2. The van der Waals surface area contributed by atoms with Crippen molar-refractivity contribution >= 4 is 17.6 Å². The molecule has 2 aromatic heterocycles. The Morgan fingerprint density at radius 1 is 1.12 bits per heavy atom. The van der Waals surface area contributed by atoms with Crippen LogP contribution in [0.5, 0.6) is 5.75 Å². The number of hydrogen-bond acceptors (Lipinski definition) is 7. The molecule has 2 aliphatic rings. The van der Waals surface area contributed by atoms with Gasteiger partial charge in [0.05, 0.1) is 18.4 Å². The summed E-state index contributed by atoms with van der Waals surface area (Å²) in [7, 11) is 1.37. The van der Waals surface area contributed by atoms with Crippen LogP contribution in [-0.2, 0) is 4.74 Å². The van der Waals surface area contributed by atoms with Gasteiger partial charge in [0.25, 0.3) is 0 Å². The first-order valence-corrected chi connectivity index (χ1v) is 10.9. The predicted octanol–water partition coefficient (Wildman–Crippen LogP) is 4.33. The highest BCUT2D eigenvalue weighted by atomic mass is 16.5. The summed E-state index contributed by atoms with van der Waals surface area (Å²) < 4.78 is 13.3. The van der Waals surface area contributed by atoms with Crippen molar-refractivity contribution in [3.63, 3.8) is 0 Å². The van der Waals surface area contributed by atoms with Gasteiger partial charge in [0.2, 0.25) is 5.95 Å². The van der Waals surface area contributed by atoms with Crippen LogP contribution in [0.3, 0.4) is 0 Å². The average Bonchev–Trinajstić information content (AvgIpc) is 3.35. The zero-order chi connectivity index (χ0) is 23.2. The molecule has 168 valence electrons. The first-order chi connectivity index (χ1) is 16.6. The summed E-state index contributed by atoms with van der Waals surface area (Å²) in [4.78, 5) is 20.8. The number of hydrogen-bond donors (Lipinski definition) is 1. The molecule has 0 bridgehead atoms. The lowest BCUT2D eigenvalue weighted by Gasteiger charge is -2.39. The zero-order valence-corrected chi connectivity index (χ0v) is 18.6. The second-order valence-corrected chi connectivity index (χ2v) is 8.28. The van der Waals surface area contributed by atoms with Gasteiger partial charge in [0.15, 0.2) is 0 Å². The van der Waals surface area contributed by atoms with Crippen molar-refractivity contribution in [3.8, 4) is 5.75 Å². The van der Waals surface area contributed by atoms with Crippen molar-refractivity contribution in [1.82, 2.24) is 19.7 Å². The first-order valence-electron chi connectivity index (χ1n) is 10.9. The van der Waals surface area contributed by atoms with Gasteiger partial charge in [-0.15, -0.1) is 0 Å². The van der Waals surface area contributed by atoms with E-state index in [0.29, 0.717) is 11.5 Å². The molecule has 2 aliphatic heterocycles. The van der Waals surface area contributed by atoms with Crippen LogP contribution >= 0.6 is 0 Å². The Balaban J connectivity index is 1.57. The summed E-state index contributed by atoms with van der Waals surface area (Å²) in [6.07, 6.45) is 4.71. The van der Waals surface area contributed by atoms with Gasteiger partial charge in [-0.1, -0.05) is 29.8 Å². The predicted molar refractivity (Wildman–Crippen MR) is 125 cm³/mol. The number of aromatic nitrogens is 4. The molecule has 0 fully saturated rings. The lowest BCUT2D eigenvalue weighted by molar-refractivity contribution is 0.0600. The van der Waals surface area contributed by atoms with E-state index in [2.05, 4.69) is 33.4 Å². The number of carbonyl (C=O) groups excluding carboxylic acids is 1. The number of esters is 1. The highest BCUT2D eigenvalue weighted by Gasteiger charge is 2.41. The lowest BCUT2D eigenvalue weighted by atomic mass is 9.84. The normalized spacial score (nSPS) is 18.2. The van der Waals surface area contributed by atoms with Crippen LogP contribution in [0.1, 0.15) is 44.8 Å². The summed E-state index contributed by atoms with van der Waals surface area (Å²) in [5.74, 6) is 1.05. The number of methoxy groups -OCH3 is 1. The summed E-state index contributed by atoms with van der Waals surface area (Å²) in [6, 6.07) is 17.1. The third kappa shape index (κ3) is 3.14. The van der Waals surface area contributed by atoms with Crippen LogP contribution < -0.4 is 10.1 Å². The molecule has 0 radical (unpaired) electrons. The number of nitrogens with zero attached hydrogens (tertiary/aromatic N) is 4. The Morgan fingerprint density at radius 2 is 1.97 bits per heavy atom. The fourth-order valence-electron chi connectivity index (χ4n) is 4.63. The standard InChI is InChI=1S/C26H21N5O3/c1-15-5-10-20-19(12-15)22-21(24(34-20)16-6-8-17(9-7-16)25(32)33-2)23(18-4-3-11-27-13-18)31-26(30-22)28-14-29-31/h3-14,23-24H,1-2H3,(H,28,29,30)/t23-,24-/m0/s1. The molecular formula is C26H21N5O3. The van der Waals surface area contributed by atoms with Crippen LogP contribution in [0, 0.1) is 6.92 Å². The third-order valence-electron chi connectivity index (χ3n) is 6.20. The number of aryl methyl sites for hydroxylation is 1. The molecule has 2 aromatic carbocycles. The van der Waals surface area contributed by atoms with E-state index >= 15 is 0 Å². The number of rotatable bonds is 3. The second kappa shape index (κ2) is 7.84. The summed E-state index contributed by atoms with van der Waals surface area (Å²) in [6.45, 7) is 2.06. The molecule has 1 N–H and O–H groups in total. The van der Waals surface area contributed by atoms with E-state index in [1.54, 1.807) is 24.7 Å². The van der Waals surface area contributed by atoms with Gasteiger partial charge in [0, 0.05) is 23.5 Å². The highest BCUT2D eigenvalue weighted by molar-refractivity contribution is 5.89. The molecule has 0 saturated heterocycles. The van der Waals surface area contributed by atoms with E-state index < -0.39 is 6.10 Å². The molecule has 0 spiro atoms. The van der Waals surface area contributed by atoms with Crippen molar-refractivity contribution in [2.24, 2.45) is 0 Å². The molecular weight excluding hydrogens is 430 g/mol. The molecule has 4 heterocycles. The maximum atomic E-state index is 12.0. The summed E-state index contributed by atoms with van der Waals surface area (Å²) in [5, 5.41) is 8.02. The van der Waals surface area contributed by atoms with Crippen LogP contribution in [0.4, 0.5) is 5.95 Å². The van der Waals surface area contributed by atoms with Gasteiger partial charge in [-0.3, -0.25) is 4.98 Å². The number of ether oxygens (including phenoxy) is 2. The van der Waals surface area contributed by atoms with Crippen molar-refractivity contribution in [1.29, 1.82) is 0 Å². The smallest absolute Gasteiger partial charge is 0.337 e. The molecule has 4 aromatic rings. The Bertz CT molecular complexity index is 1430. The summed E-state index contributed by atoms with van der Waals surface area (Å²) >= 11 is 0. The number of fused-ring (bicyclic) bond motifs is 3. The average molecular weight is 451 g/mol. The third-order valence-corrected chi connectivity index (χ3v) is 6.20. The van der Waals surface area contributed by atoms with E-state index in [9.17, 15) is 4.79 Å². The van der Waals surface area contributed by atoms with Crippen molar-refractivity contribution < 1.29 is 14.3 Å². The second-order valence-electron chi connectivity index (χ2n) is 8.28. The van der Waals surface area contributed by atoms with Gasteiger partial charge in [-0.05, 0) is 48.4 Å². The number of pyridine rings is 1. The molecule has 2 atom stereocenters. The Labute approximate surface area is 195 Å². The van der Waals surface area contributed by atoms with Gasteiger partial charge in [-0.25, -0.2) is 9.48 Å². The topological polar surface area (TPSA) is 91.2 Å². The van der Waals surface area contributed by atoms with Crippen LogP contribution in [0.25, 0.3) is 5.70 Å². The van der Waals surface area contributed by atoms with E-state index in [1.165, 1.54) is 7.11 Å². The largest absolute Gasteiger partial charge is 0.480 e. The van der Waals surface area contributed by atoms with Crippen LogP contribution in [0.2, 0.25) is 0 Å². The maximum Gasteiger partial charge on any atom is 0.337 e. The van der Waals surface area contributed by atoms with E-state index in [0.717, 1.165) is 39.3 Å². The quantitative estimate of drug-likeness (QED) is 0.464. The number of nitrogens with one attached hydrogen (secondary N) is 1. The minimum absolute atomic E-state index is 0.276. The Hall–Kier alpha value is -4.46. The fraction of sp³-hybridized carbons (Fsp3) is 0.154. The van der Waals surface area contributed by atoms with E-state index in [4.69, 9.17) is 9.47 Å². The highest BCUT2D eigenvalue weighted by Crippen LogP contribution is 2.50. The van der Waals surface area contributed by atoms with E-state index in [1.807, 2.05) is 47.3 Å². The minimum Gasteiger partial charge on any atom is -0.480 e. The SMILES string of the molecule is COC(=O)c1ccc([C@@H]2Oc3ccc(C)cc3C3=C2[C@H](c2cccnc2)n2ncnc2N3)cc1.